The Morgan fingerprint density at radius 1 is 1.18 bits per heavy atom. The lowest BCUT2D eigenvalue weighted by atomic mass is 9.87. The summed E-state index contributed by atoms with van der Waals surface area (Å²) in [4.78, 5) is 28.3. The standard InChI is InChI=1S/C21H20FN3O2S/c1-25-19(27)16-9-4-13(12-17(16)23-20(25)28)18(26)24-21(10-2-3-11-21)14-5-7-15(22)8-6-14/h4-9,12H,2-3,10-11H2,1H3,(H,23,28)(H,24,26). The van der Waals surface area contributed by atoms with Gasteiger partial charge in [-0.2, -0.15) is 0 Å². The first kappa shape index (κ1) is 18.6. The molecule has 2 aromatic carbocycles. The van der Waals surface area contributed by atoms with Crippen molar-refractivity contribution in [3.05, 3.63) is 74.5 Å². The van der Waals surface area contributed by atoms with Crippen LogP contribution >= 0.6 is 12.2 Å². The molecule has 0 bridgehead atoms. The molecule has 144 valence electrons. The van der Waals surface area contributed by atoms with E-state index in [1.807, 2.05) is 0 Å². The van der Waals surface area contributed by atoms with E-state index in [0.717, 1.165) is 31.2 Å². The Morgan fingerprint density at radius 2 is 1.86 bits per heavy atom. The van der Waals surface area contributed by atoms with Crippen LogP contribution in [-0.4, -0.2) is 15.5 Å². The molecule has 7 heteroatoms. The molecule has 1 aliphatic carbocycles. The van der Waals surface area contributed by atoms with Crippen molar-refractivity contribution < 1.29 is 9.18 Å². The molecule has 28 heavy (non-hydrogen) atoms. The second-order valence-corrected chi connectivity index (χ2v) is 7.69. The highest BCUT2D eigenvalue weighted by atomic mass is 32.1. The number of halogens is 1. The molecule has 3 aromatic rings. The van der Waals surface area contributed by atoms with E-state index in [1.165, 1.54) is 16.7 Å². The second-order valence-electron chi connectivity index (χ2n) is 7.30. The molecule has 0 atom stereocenters. The summed E-state index contributed by atoms with van der Waals surface area (Å²) in [7, 11) is 1.60. The van der Waals surface area contributed by atoms with Gasteiger partial charge in [0.15, 0.2) is 4.77 Å². The number of nitrogens with one attached hydrogen (secondary N) is 2. The fourth-order valence-corrected chi connectivity index (χ4v) is 4.16. The number of benzene rings is 2. The minimum atomic E-state index is -0.501. The fourth-order valence-electron chi connectivity index (χ4n) is 3.97. The van der Waals surface area contributed by atoms with Crippen LogP contribution in [0.4, 0.5) is 4.39 Å². The first-order chi connectivity index (χ1) is 13.4. The lowest BCUT2D eigenvalue weighted by Crippen LogP contribution is -2.43. The van der Waals surface area contributed by atoms with E-state index in [0.29, 0.717) is 21.2 Å². The first-order valence-corrected chi connectivity index (χ1v) is 9.62. The van der Waals surface area contributed by atoms with E-state index in [1.54, 1.807) is 37.4 Å². The monoisotopic (exact) mass is 397 g/mol. The number of fused-ring (bicyclic) bond motifs is 1. The van der Waals surface area contributed by atoms with Crippen LogP contribution in [0.3, 0.4) is 0 Å². The van der Waals surface area contributed by atoms with Crippen LogP contribution in [-0.2, 0) is 12.6 Å². The van der Waals surface area contributed by atoms with Crippen molar-refractivity contribution in [2.45, 2.75) is 31.2 Å². The van der Waals surface area contributed by atoms with Crippen molar-refractivity contribution in [3.63, 3.8) is 0 Å². The number of carbonyl (C=O) groups excluding carboxylic acids is 1. The van der Waals surface area contributed by atoms with Crippen molar-refractivity contribution in [2.24, 2.45) is 7.05 Å². The summed E-state index contributed by atoms with van der Waals surface area (Å²) < 4.78 is 15.0. The molecule has 1 fully saturated rings. The number of carbonyl (C=O) groups is 1. The van der Waals surface area contributed by atoms with Crippen LogP contribution in [0.15, 0.2) is 47.3 Å². The van der Waals surface area contributed by atoms with Gasteiger partial charge in [-0.05, 0) is 61.0 Å². The molecule has 1 saturated carbocycles. The fraction of sp³-hybridized carbons (Fsp3) is 0.286. The van der Waals surface area contributed by atoms with E-state index in [9.17, 15) is 14.0 Å². The minimum Gasteiger partial charge on any atom is -0.343 e. The third kappa shape index (κ3) is 3.16. The topological polar surface area (TPSA) is 66.9 Å². The summed E-state index contributed by atoms with van der Waals surface area (Å²) in [5.41, 5.74) is 1.18. The summed E-state index contributed by atoms with van der Waals surface area (Å²) in [6, 6.07) is 11.3. The van der Waals surface area contributed by atoms with Crippen molar-refractivity contribution in [1.29, 1.82) is 0 Å². The van der Waals surface area contributed by atoms with E-state index < -0.39 is 5.54 Å². The normalized spacial score (nSPS) is 15.6. The molecule has 1 heterocycles. The van der Waals surface area contributed by atoms with Gasteiger partial charge in [0.05, 0.1) is 16.4 Å². The highest BCUT2D eigenvalue weighted by molar-refractivity contribution is 7.71. The Labute approximate surface area is 166 Å². The second kappa shape index (κ2) is 6.98. The number of nitrogens with zero attached hydrogens (tertiary/aromatic N) is 1. The van der Waals surface area contributed by atoms with Gasteiger partial charge >= 0.3 is 0 Å². The van der Waals surface area contributed by atoms with Crippen LogP contribution in [0.5, 0.6) is 0 Å². The maximum absolute atomic E-state index is 13.3. The molecular weight excluding hydrogens is 377 g/mol. The van der Waals surface area contributed by atoms with E-state index in [-0.39, 0.29) is 17.3 Å². The summed E-state index contributed by atoms with van der Waals surface area (Å²) >= 11 is 5.16. The zero-order chi connectivity index (χ0) is 19.9. The third-order valence-corrected chi connectivity index (χ3v) is 5.95. The maximum Gasteiger partial charge on any atom is 0.261 e. The predicted octanol–water partition coefficient (Wildman–Crippen LogP) is 3.93. The maximum atomic E-state index is 13.3. The van der Waals surface area contributed by atoms with E-state index in [4.69, 9.17) is 12.2 Å². The quantitative estimate of drug-likeness (QED) is 0.658. The van der Waals surface area contributed by atoms with Crippen LogP contribution in [0, 0.1) is 10.6 Å². The Bertz CT molecular complexity index is 1170. The van der Waals surface area contributed by atoms with Gasteiger partial charge in [-0.3, -0.25) is 14.2 Å². The van der Waals surface area contributed by atoms with Crippen LogP contribution < -0.4 is 10.9 Å². The summed E-state index contributed by atoms with van der Waals surface area (Å²) in [6.07, 6.45) is 3.61. The SMILES string of the molecule is Cn1c(=S)[nH]c2cc(C(=O)NC3(c4ccc(F)cc4)CCCC3)ccc2c1=O. The molecule has 1 amide bonds. The number of hydrogen-bond acceptors (Lipinski definition) is 3. The molecule has 4 rings (SSSR count). The minimum absolute atomic E-state index is 0.204. The smallest absolute Gasteiger partial charge is 0.261 e. The van der Waals surface area contributed by atoms with Crippen LogP contribution in [0.1, 0.15) is 41.6 Å². The van der Waals surface area contributed by atoms with Gasteiger partial charge in [-0.15, -0.1) is 0 Å². The number of H-pyrrole nitrogens is 1. The van der Waals surface area contributed by atoms with Crippen molar-refractivity contribution >= 4 is 29.0 Å². The van der Waals surface area contributed by atoms with Crippen LogP contribution in [0.25, 0.3) is 10.9 Å². The zero-order valence-electron chi connectivity index (χ0n) is 15.4. The van der Waals surface area contributed by atoms with Gasteiger partial charge in [0, 0.05) is 12.6 Å². The number of aromatic nitrogens is 2. The van der Waals surface area contributed by atoms with Gasteiger partial charge in [0.2, 0.25) is 0 Å². The van der Waals surface area contributed by atoms with Crippen molar-refractivity contribution in [1.82, 2.24) is 14.9 Å². The average molecular weight is 397 g/mol. The van der Waals surface area contributed by atoms with E-state index in [2.05, 4.69) is 10.3 Å². The molecule has 1 aliphatic rings. The molecule has 1 aromatic heterocycles. The Kier molecular flexibility index (Phi) is 4.63. The lowest BCUT2D eigenvalue weighted by molar-refractivity contribution is 0.0898. The zero-order valence-corrected chi connectivity index (χ0v) is 16.2. The van der Waals surface area contributed by atoms with Crippen molar-refractivity contribution in [2.75, 3.05) is 0 Å². The summed E-state index contributed by atoms with van der Waals surface area (Å²) in [5.74, 6) is -0.525. The molecule has 0 aliphatic heterocycles. The lowest BCUT2D eigenvalue weighted by Gasteiger charge is -2.31. The van der Waals surface area contributed by atoms with Gasteiger partial charge in [0.25, 0.3) is 11.5 Å². The molecule has 0 unspecified atom stereocenters. The highest BCUT2D eigenvalue weighted by Gasteiger charge is 2.37. The Morgan fingerprint density at radius 3 is 2.54 bits per heavy atom. The molecule has 5 nitrogen and oxygen atoms in total. The Hall–Kier alpha value is -2.80. The molecule has 0 saturated heterocycles. The summed E-state index contributed by atoms with van der Waals surface area (Å²) in [5, 5.41) is 3.64. The largest absolute Gasteiger partial charge is 0.343 e. The Balaban J connectivity index is 1.70. The molecule has 0 spiro atoms. The number of hydrogen-bond donors (Lipinski definition) is 2. The van der Waals surface area contributed by atoms with Crippen LogP contribution in [0.2, 0.25) is 0 Å². The van der Waals surface area contributed by atoms with Gasteiger partial charge in [-0.25, -0.2) is 4.39 Å². The average Bonchev–Trinajstić information content (AvgIpc) is 3.16. The van der Waals surface area contributed by atoms with Crippen molar-refractivity contribution in [3.8, 4) is 0 Å². The van der Waals surface area contributed by atoms with Gasteiger partial charge < -0.3 is 10.3 Å². The molecule has 2 N–H and O–H groups in total. The molecule has 0 radical (unpaired) electrons. The number of amides is 1. The predicted molar refractivity (Wildman–Crippen MR) is 108 cm³/mol. The third-order valence-electron chi connectivity index (χ3n) is 5.57. The van der Waals surface area contributed by atoms with Gasteiger partial charge in [0.1, 0.15) is 5.82 Å². The number of aromatic amines is 1. The summed E-state index contributed by atoms with van der Waals surface area (Å²) in [6.45, 7) is 0. The van der Waals surface area contributed by atoms with Gasteiger partial charge in [-0.1, -0.05) is 25.0 Å². The number of rotatable bonds is 3. The van der Waals surface area contributed by atoms with E-state index >= 15 is 0 Å². The molecular formula is C21H20FN3O2S. The first-order valence-electron chi connectivity index (χ1n) is 9.21. The highest BCUT2D eigenvalue weighted by Crippen LogP contribution is 2.39.